The maximum absolute atomic E-state index is 13.7. The summed E-state index contributed by atoms with van der Waals surface area (Å²) in [7, 11) is 0. The second-order valence-corrected chi connectivity index (χ2v) is 6.19. The molecule has 1 saturated heterocycles. The van der Waals surface area contributed by atoms with E-state index in [1.807, 2.05) is 0 Å². The Balaban J connectivity index is 0.00000200. The quantitative estimate of drug-likeness (QED) is 0.864. The Morgan fingerprint density at radius 2 is 2.10 bits per heavy atom. The van der Waals surface area contributed by atoms with Gasteiger partial charge >= 0.3 is 0 Å². The van der Waals surface area contributed by atoms with E-state index in [0.717, 1.165) is 25.9 Å². The molecule has 3 nitrogen and oxygen atoms in total. The van der Waals surface area contributed by atoms with Crippen molar-refractivity contribution >= 4 is 34.2 Å². The van der Waals surface area contributed by atoms with E-state index in [1.165, 1.54) is 6.07 Å². The van der Waals surface area contributed by atoms with Crippen molar-refractivity contribution in [3.05, 3.63) is 34.1 Å². The number of benzene rings is 1. The van der Waals surface area contributed by atoms with Crippen molar-refractivity contribution in [1.82, 2.24) is 10.6 Å². The molecule has 0 spiro atoms. The van der Waals surface area contributed by atoms with Gasteiger partial charge in [0.25, 0.3) is 5.91 Å². The fourth-order valence-electron chi connectivity index (χ4n) is 2.30. The Kier molecular flexibility index (Phi) is 6.43. The number of carbonyl (C=O) groups is 1. The Hall–Kier alpha value is -0.650. The third-order valence-electron chi connectivity index (χ3n) is 3.68. The minimum atomic E-state index is -0.498. The summed E-state index contributed by atoms with van der Waals surface area (Å²) < 4.78 is 14.1. The van der Waals surface area contributed by atoms with E-state index in [2.05, 4.69) is 33.5 Å². The molecule has 6 heteroatoms. The maximum atomic E-state index is 13.7. The molecular formula is C14H19BrClFN2O. The van der Waals surface area contributed by atoms with Crippen LogP contribution in [-0.2, 0) is 0 Å². The highest BCUT2D eigenvalue weighted by atomic mass is 79.9. The van der Waals surface area contributed by atoms with E-state index in [1.54, 1.807) is 12.1 Å². The Labute approximate surface area is 133 Å². The Bertz CT molecular complexity index is 458. The van der Waals surface area contributed by atoms with Crippen molar-refractivity contribution < 1.29 is 9.18 Å². The SMILES string of the molecule is CC1(CNC(=O)c2c(F)cccc2Br)CCNCC1.Cl. The number of rotatable bonds is 3. The van der Waals surface area contributed by atoms with E-state index in [-0.39, 0.29) is 29.3 Å². The van der Waals surface area contributed by atoms with Crippen molar-refractivity contribution in [3.8, 4) is 0 Å². The number of hydrogen-bond acceptors (Lipinski definition) is 2. The van der Waals surface area contributed by atoms with Gasteiger partial charge in [-0.15, -0.1) is 12.4 Å². The molecule has 2 N–H and O–H groups in total. The lowest BCUT2D eigenvalue weighted by Gasteiger charge is -2.34. The minimum absolute atomic E-state index is 0. The molecule has 112 valence electrons. The number of amides is 1. The molecule has 0 bridgehead atoms. The molecule has 0 unspecified atom stereocenters. The first-order chi connectivity index (χ1) is 9.02. The lowest BCUT2D eigenvalue weighted by atomic mass is 9.81. The summed E-state index contributed by atoms with van der Waals surface area (Å²) in [5.74, 6) is -0.855. The van der Waals surface area contributed by atoms with Crippen LogP contribution in [0.25, 0.3) is 0 Å². The predicted molar refractivity (Wildman–Crippen MR) is 83.9 cm³/mol. The Morgan fingerprint density at radius 1 is 1.45 bits per heavy atom. The van der Waals surface area contributed by atoms with Gasteiger partial charge in [-0.3, -0.25) is 4.79 Å². The fraction of sp³-hybridized carbons (Fsp3) is 0.500. The van der Waals surface area contributed by atoms with Gasteiger partial charge in [0, 0.05) is 11.0 Å². The second-order valence-electron chi connectivity index (χ2n) is 5.34. The molecule has 0 radical (unpaired) electrons. The molecule has 1 amide bonds. The average molecular weight is 366 g/mol. The molecule has 0 atom stereocenters. The van der Waals surface area contributed by atoms with Crippen LogP contribution in [0.2, 0.25) is 0 Å². The Morgan fingerprint density at radius 3 is 2.70 bits per heavy atom. The van der Waals surface area contributed by atoms with E-state index in [0.29, 0.717) is 11.0 Å². The lowest BCUT2D eigenvalue weighted by Crippen LogP contribution is -2.43. The van der Waals surface area contributed by atoms with Crippen LogP contribution in [0, 0.1) is 11.2 Å². The van der Waals surface area contributed by atoms with Crippen LogP contribution in [0.4, 0.5) is 4.39 Å². The summed E-state index contributed by atoms with van der Waals surface area (Å²) in [6, 6.07) is 4.54. The zero-order chi connectivity index (χ0) is 13.9. The van der Waals surface area contributed by atoms with Crippen LogP contribution in [0.3, 0.4) is 0 Å². The van der Waals surface area contributed by atoms with E-state index < -0.39 is 5.82 Å². The highest BCUT2D eigenvalue weighted by Crippen LogP contribution is 2.27. The molecule has 0 aliphatic carbocycles. The first-order valence-corrected chi connectivity index (χ1v) is 7.24. The van der Waals surface area contributed by atoms with Crippen LogP contribution in [0.1, 0.15) is 30.1 Å². The third-order valence-corrected chi connectivity index (χ3v) is 4.34. The highest BCUT2D eigenvalue weighted by Gasteiger charge is 2.27. The summed E-state index contributed by atoms with van der Waals surface area (Å²) in [5, 5.41) is 6.15. The first-order valence-electron chi connectivity index (χ1n) is 6.45. The number of hydrogen-bond donors (Lipinski definition) is 2. The van der Waals surface area contributed by atoms with Gasteiger partial charge in [0.05, 0.1) is 5.56 Å². The van der Waals surface area contributed by atoms with Crippen LogP contribution >= 0.6 is 28.3 Å². The minimum Gasteiger partial charge on any atom is -0.351 e. The van der Waals surface area contributed by atoms with Crippen LogP contribution in [0.15, 0.2) is 22.7 Å². The zero-order valence-corrected chi connectivity index (χ0v) is 13.7. The molecule has 1 fully saturated rings. The van der Waals surface area contributed by atoms with Crippen LogP contribution < -0.4 is 10.6 Å². The van der Waals surface area contributed by atoms with Gasteiger partial charge < -0.3 is 10.6 Å². The first kappa shape index (κ1) is 17.4. The van der Waals surface area contributed by atoms with Crippen molar-refractivity contribution in [1.29, 1.82) is 0 Å². The molecule has 1 heterocycles. The summed E-state index contributed by atoms with van der Waals surface area (Å²) in [5.41, 5.74) is 0.179. The molecule has 1 aromatic rings. The van der Waals surface area contributed by atoms with Crippen LogP contribution in [-0.4, -0.2) is 25.5 Å². The standard InChI is InChI=1S/C14H18BrFN2O.ClH/c1-14(5-7-17-8-6-14)9-18-13(19)12-10(15)3-2-4-11(12)16;/h2-4,17H,5-9H2,1H3,(H,18,19);1H. The second kappa shape index (κ2) is 7.38. The van der Waals surface area contributed by atoms with Crippen LogP contribution in [0.5, 0.6) is 0 Å². The van der Waals surface area contributed by atoms with Gasteiger partial charge in [-0.1, -0.05) is 13.0 Å². The summed E-state index contributed by atoms with van der Waals surface area (Å²) >= 11 is 3.22. The number of nitrogens with one attached hydrogen (secondary N) is 2. The summed E-state index contributed by atoms with van der Waals surface area (Å²) in [4.78, 5) is 12.1. The topological polar surface area (TPSA) is 41.1 Å². The van der Waals surface area contributed by atoms with Gasteiger partial charge in [-0.05, 0) is 59.4 Å². The number of carbonyl (C=O) groups excluding carboxylic acids is 1. The molecule has 1 aliphatic rings. The zero-order valence-electron chi connectivity index (χ0n) is 11.3. The monoisotopic (exact) mass is 364 g/mol. The van der Waals surface area contributed by atoms with E-state index in [4.69, 9.17) is 0 Å². The van der Waals surface area contributed by atoms with Crippen molar-refractivity contribution in [2.75, 3.05) is 19.6 Å². The maximum Gasteiger partial charge on any atom is 0.255 e. The van der Waals surface area contributed by atoms with E-state index in [9.17, 15) is 9.18 Å². The van der Waals surface area contributed by atoms with Gasteiger partial charge in [-0.25, -0.2) is 4.39 Å². The fourth-order valence-corrected chi connectivity index (χ4v) is 2.83. The van der Waals surface area contributed by atoms with E-state index >= 15 is 0 Å². The van der Waals surface area contributed by atoms with Gasteiger partial charge in [-0.2, -0.15) is 0 Å². The third kappa shape index (κ3) is 4.17. The molecule has 0 saturated carbocycles. The average Bonchev–Trinajstić information content (AvgIpc) is 2.37. The molecule has 2 rings (SSSR count). The largest absolute Gasteiger partial charge is 0.351 e. The molecule has 0 aromatic heterocycles. The van der Waals surface area contributed by atoms with Crippen molar-refractivity contribution in [2.45, 2.75) is 19.8 Å². The van der Waals surface area contributed by atoms with Gasteiger partial charge in [0.1, 0.15) is 5.82 Å². The molecular weight excluding hydrogens is 347 g/mol. The molecule has 20 heavy (non-hydrogen) atoms. The van der Waals surface area contributed by atoms with Crippen molar-refractivity contribution in [2.24, 2.45) is 5.41 Å². The van der Waals surface area contributed by atoms with Gasteiger partial charge in [0.15, 0.2) is 0 Å². The van der Waals surface area contributed by atoms with Gasteiger partial charge in [0.2, 0.25) is 0 Å². The highest BCUT2D eigenvalue weighted by molar-refractivity contribution is 9.10. The number of halogens is 3. The number of piperidine rings is 1. The molecule has 1 aromatic carbocycles. The smallest absolute Gasteiger partial charge is 0.255 e. The summed E-state index contributed by atoms with van der Waals surface area (Å²) in [6.07, 6.45) is 2.04. The normalized spacial score (nSPS) is 17.1. The lowest BCUT2D eigenvalue weighted by molar-refractivity contribution is 0.0917. The predicted octanol–water partition coefficient (Wildman–Crippen LogP) is 3.13. The van der Waals surface area contributed by atoms with Crippen molar-refractivity contribution in [3.63, 3.8) is 0 Å². The molecule has 1 aliphatic heterocycles. The summed E-state index contributed by atoms with van der Waals surface area (Å²) in [6.45, 7) is 4.67.